The van der Waals surface area contributed by atoms with Crippen molar-refractivity contribution in [1.29, 1.82) is 0 Å². The van der Waals surface area contributed by atoms with Crippen LogP contribution in [-0.2, 0) is 9.53 Å². The lowest BCUT2D eigenvalue weighted by Crippen LogP contribution is -2.54. The Morgan fingerprint density at radius 1 is 1.35 bits per heavy atom. The Balaban J connectivity index is 1.42. The summed E-state index contributed by atoms with van der Waals surface area (Å²) in [5, 5.41) is 6.65. The first-order chi connectivity index (χ1) is 9.83. The van der Waals surface area contributed by atoms with Gasteiger partial charge in [-0.25, -0.2) is 0 Å². The number of hydrogen-bond acceptors (Lipinski definition) is 4. The molecule has 2 aliphatic heterocycles. The molecule has 3 rings (SSSR count). The highest BCUT2D eigenvalue weighted by atomic mass is 16.5. The highest BCUT2D eigenvalue weighted by molar-refractivity contribution is 5.82. The first-order valence-electron chi connectivity index (χ1n) is 8.18. The number of nitrogens with one attached hydrogen (secondary N) is 2. The van der Waals surface area contributed by atoms with E-state index in [9.17, 15) is 4.79 Å². The van der Waals surface area contributed by atoms with Crippen molar-refractivity contribution in [2.24, 2.45) is 0 Å². The Labute approximate surface area is 121 Å². The fourth-order valence-corrected chi connectivity index (χ4v) is 3.22. The Hall–Kier alpha value is -0.650. The summed E-state index contributed by atoms with van der Waals surface area (Å²) in [4.78, 5) is 14.5. The van der Waals surface area contributed by atoms with Crippen molar-refractivity contribution in [3.05, 3.63) is 0 Å². The molecule has 1 saturated carbocycles. The van der Waals surface area contributed by atoms with Gasteiger partial charge in [0.2, 0.25) is 5.91 Å². The lowest BCUT2D eigenvalue weighted by atomic mass is 10.1. The van der Waals surface area contributed by atoms with Crippen LogP contribution < -0.4 is 10.6 Å². The SMILES string of the molecule is O=C(NC1CC1)C1COCCN1CCCC1CCCN1. The monoisotopic (exact) mass is 281 g/mol. The Morgan fingerprint density at radius 3 is 3.00 bits per heavy atom. The number of carbonyl (C=O) groups is 1. The third kappa shape index (κ3) is 3.93. The van der Waals surface area contributed by atoms with Crippen molar-refractivity contribution in [3.63, 3.8) is 0 Å². The highest BCUT2D eigenvalue weighted by Crippen LogP contribution is 2.20. The van der Waals surface area contributed by atoms with Crippen LogP contribution in [0, 0.1) is 0 Å². The molecule has 0 spiro atoms. The van der Waals surface area contributed by atoms with Crippen molar-refractivity contribution < 1.29 is 9.53 Å². The van der Waals surface area contributed by atoms with E-state index in [2.05, 4.69) is 15.5 Å². The van der Waals surface area contributed by atoms with Gasteiger partial charge in [-0.1, -0.05) is 0 Å². The van der Waals surface area contributed by atoms with Gasteiger partial charge in [0.05, 0.1) is 13.2 Å². The minimum Gasteiger partial charge on any atom is -0.378 e. The van der Waals surface area contributed by atoms with Gasteiger partial charge in [-0.3, -0.25) is 9.69 Å². The maximum Gasteiger partial charge on any atom is 0.239 e. The fraction of sp³-hybridized carbons (Fsp3) is 0.933. The number of nitrogens with zero attached hydrogens (tertiary/aromatic N) is 1. The molecule has 0 aromatic heterocycles. The van der Waals surface area contributed by atoms with Gasteiger partial charge < -0.3 is 15.4 Å². The molecule has 5 nitrogen and oxygen atoms in total. The molecule has 114 valence electrons. The Kier molecular flexibility index (Phi) is 4.91. The average molecular weight is 281 g/mol. The molecule has 0 aromatic carbocycles. The summed E-state index contributed by atoms with van der Waals surface area (Å²) in [6.07, 6.45) is 7.32. The standard InChI is InChI=1S/C15H27N3O2/c19-15(17-13-5-6-13)14-11-20-10-9-18(14)8-2-4-12-3-1-7-16-12/h12-14,16H,1-11H2,(H,17,19). The summed E-state index contributed by atoms with van der Waals surface area (Å²) in [7, 11) is 0. The second-order valence-corrected chi connectivity index (χ2v) is 6.35. The predicted molar refractivity (Wildman–Crippen MR) is 77.6 cm³/mol. The van der Waals surface area contributed by atoms with Gasteiger partial charge >= 0.3 is 0 Å². The molecule has 0 radical (unpaired) electrons. The quantitative estimate of drug-likeness (QED) is 0.744. The second kappa shape index (κ2) is 6.87. The molecule has 0 bridgehead atoms. The zero-order valence-corrected chi connectivity index (χ0v) is 12.3. The maximum atomic E-state index is 12.2. The van der Waals surface area contributed by atoms with Gasteiger partial charge in [-0.15, -0.1) is 0 Å². The van der Waals surface area contributed by atoms with E-state index in [-0.39, 0.29) is 11.9 Å². The van der Waals surface area contributed by atoms with Crippen LogP contribution in [0.25, 0.3) is 0 Å². The summed E-state index contributed by atoms with van der Waals surface area (Å²) in [6.45, 7) is 4.40. The van der Waals surface area contributed by atoms with Gasteiger partial charge in [-0.2, -0.15) is 0 Å². The van der Waals surface area contributed by atoms with Crippen LogP contribution >= 0.6 is 0 Å². The number of carbonyl (C=O) groups excluding carboxylic acids is 1. The van der Waals surface area contributed by atoms with E-state index in [1.807, 2.05) is 0 Å². The van der Waals surface area contributed by atoms with Gasteiger partial charge in [0.15, 0.2) is 0 Å². The smallest absolute Gasteiger partial charge is 0.239 e. The van der Waals surface area contributed by atoms with Crippen LogP contribution in [0.4, 0.5) is 0 Å². The van der Waals surface area contributed by atoms with E-state index in [0.29, 0.717) is 18.7 Å². The van der Waals surface area contributed by atoms with Gasteiger partial charge in [0.1, 0.15) is 6.04 Å². The van der Waals surface area contributed by atoms with Crippen LogP contribution in [0.2, 0.25) is 0 Å². The largest absolute Gasteiger partial charge is 0.378 e. The zero-order chi connectivity index (χ0) is 13.8. The second-order valence-electron chi connectivity index (χ2n) is 6.35. The van der Waals surface area contributed by atoms with Crippen LogP contribution in [0.15, 0.2) is 0 Å². The Morgan fingerprint density at radius 2 is 2.25 bits per heavy atom. The molecular formula is C15H27N3O2. The summed E-state index contributed by atoms with van der Waals surface area (Å²) in [5.41, 5.74) is 0. The van der Waals surface area contributed by atoms with Crippen molar-refractivity contribution in [2.45, 2.75) is 56.7 Å². The summed E-state index contributed by atoms with van der Waals surface area (Å²) in [5.74, 6) is 0.172. The molecule has 3 aliphatic rings. The molecule has 20 heavy (non-hydrogen) atoms. The van der Waals surface area contributed by atoms with Crippen LogP contribution in [0.5, 0.6) is 0 Å². The molecule has 2 N–H and O–H groups in total. The van der Waals surface area contributed by atoms with E-state index < -0.39 is 0 Å². The van der Waals surface area contributed by atoms with Crippen LogP contribution in [-0.4, -0.2) is 61.8 Å². The number of ether oxygens (including phenoxy) is 1. The normalized spacial score (nSPS) is 31.4. The van der Waals surface area contributed by atoms with Crippen molar-refractivity contribution in [1.82, 2.24) is 15.5 Å². The first-order valence-corrected chi connectivity index (χ1v) is 8.18. The van der Waals surface area contributed by atoms with Crippen molar-refractivity contribution in [2.75, 3.05) is 32.8 Å². The molecule has 1 amide bonds. The maximum absolute atomic E-state index is 12.2. The van der Waals surface area contributed by atoms with Gasteiger partial charge in [0, 0.05) is 18.6 Å². The number of rotatable bonds is 6. The molecule has 5 heteroatoms. The molecule has 2 heterocycles. The van der Waals surface area contributed by atoms with E-state index in [1.54, 1.807) is 0 Å². The van der Waals surface area contributed by atoms with Crippen molar-refractivity contribution >= 4 is 5.91 Å². The zero-order valence-electron chi connectivity index (χ0n) is 12.3. The Bertz CT molecular complexity index is 327. The predicted octanol–water partition coefficient (Wildman–Crippen LogP) is 0.498. The molecule has 1 aliphatic carbocycles. The summed E-state index contributed by atoms with van der Waals surface area (Å²) in [6, 6.07) is 1.07. The average Bonchev–Trinajstić information content (AvgIpc) is 3.12. The van der Waals surface area contributed by atoms with E-state index in [1.165, 1.54) is 32.2 Å². The third-order valence-electron chi connectivity index (χ3n) is 4.63. The number of hydrogen-bond donors (Lipinski definition) is 2. The van der Waals surface area contributed by atoms with E-state index in [0.717, 1.165) is 32.5 Å². The van der Waals surface area contributed by atoms with Gasteiger partial charge in [0.25, 0.3) is 0 Å². The molecule has 0 aromatic rings. The minimum atomic E-state index is -0.0686. The number of amides is 1. The molecule has 3 fully saturated rings. The molecule has 2 saturated heterocycles. The fourth-order valence-electron chi connectivity index (χ4n) is 3.22. The molecular weight excluding hydrogens is 254 g/mol. The van der Waals surface area contributed by atoms with Crippen molar-refractivity contribution in [3.8, 4) is 0 Å². The highest BCUT2D eigenvalue weighted by Gasteiger charge is 2.32. The number of morpholine rings is 1. The molecule has 2 atom stereocenters. The molecule has 2 unspecified atom stereocenters. The first kappa shape index (κ1) is 14.3. The lowest BCUT2D eigenvalue weighted by Gasteiger charge is -2.34. The third-order valence-corrected chi connectivity index (χ3v) is 4.63. The summed E-state index contributed by atoms with van der Waals surface area (Å²) >= 11 is 0. The van der Waals surface area contributed by atoms with E-state index in [4.69, 9.17) is 4.74 Å². The van der Waals surface area contributed by atoms with Crippen LogP contribution in [0.1, 0.15) is 38.5 Å². The minimum absolute atomic E-state index is 0.0686. The van der Waals surface area contributed by atoms with E-state index >= 15 is 0 Å². The summed E-state index contributed by atoms with van der Waals surface area (Å²) < 4.78 is 5.50. The topological polar surface area (TPSA) is 53.6 Å². The lowest BCUT2D eigenvalue weighted by molar-refractivity contribution is -0.132. The van der Waals surface area contributed by atoms with Crippen LogP contribution in [0.3, 0.4) is 0 Å². The van der Waals surface area contributed by atoms with Gasteiger partial charge in [-0.05, 0) is 51.6 Å².